The minimum Gasteiger partial charge on any atom is -0.376 e. The lowest BCUT2D eigenvalue weighted by molar-refractivity contribution is 0.184. The van der Waals surface area contributed by atoms with Crippen LogP contribution in [0.1, 0.15) is 64.7 Å². The fourth-order valence-electron chi connectivity index (χ4n) is 1.36. The second-order valence-electron chi connectivity index (χ2n) is 3.80. The summed E-state index contributed by atoms with van der Waals surface area (Å²) < 4.78 is 5.39. The molecule has 0 amide bonds. The topological polar surface area (TPSA) is 9.23 Å². The van der Waals surface area contributed by atoms with Crippen molar-refractivity contribution in [3.8, 4) is 0 Å². The SMILES string of the molecule is [CH2]CCC[CH]OCCCCCCCC. The Bertz CT molecular complexity index is 79.2. The average Bonchev–Trinajstić information content (AvgIpc) is 2.21. The van der Waals surface area contributed by atoms with E-state index in [-0.39, 0.29) is 0 Å². The summed E-state index contributed by atoms with van der Waals surface area (Å²) in [5.74, 6) is 0. The van der Waals surface area contributed by atoms with Crippen LogP contribution >= 0.6 is 0 Å². The molecule has 0 fully saturated rings. The van der Waals surface area contributed by atoms with Crippen molar-refractivity contribution in [2.45, 2.75) is 64.7 Å². The summed E-state index contributed by atoms with van der Waals surface area (Å²) in [7, 11) is 0. The molecule has 0 spiro atoms. The Hall–Kier alpha value is -0.0400. The molecule has 0 unspecified atom stereocenters. The van der Waals surface area contributed by atoms with E-state index in [4.69, 9.17) is 4.74 Å². The predicted molar refractivity (Wildman–Crippen MR) is 62.8 cm³/mol. The van der Waals surface area contributed by atoms with Gasteiger partial charge in [0.05, 0.1) is 6.61 Å². The zero-order chi connectivity index (χ0) is 10.5. The van der Waals surface area contributed by atoms with Crippen LogP contribution in [0.25, 0.3) is 0 Å². The van der Waals surface area contributed by atoms with Gasteiger partial charge >= 0.3 is 0 Å². The van der Waals surface area contributed by atoms with E-state index in [1.54, 1.807) is 0 Å². The van der Waals surface area contributed by atoms with Gasteiger partial charge in [-0.2, -0.15) is 0 Å². The first-order chi connectivity index (χ1) is 6.91. The third kappa shape index (κ3) is 12.0. The van der Waals surface area contributed by atoms with Gasteiger partial charge in [0.2, 0.25) is 0 Å². The molecule has 1 nitrogen and oxygen atoms in total. The monoisotopic (exact) mass is 198 g/mol. The number of rotatable bonds is 11. The van der Waals surface area contributed by atoms with Crippen molar-refractivity contribution in [3.63, 3.8) is 0 Å². The summed E-state index contributed by atoms with van der Waals surface area (Å²) in [6, 6.07) is 0. The van der Waals surface area contributed by atoms with Crippen molar-refractivity contribution in [1.82, 2.24) is 0 Å². The highest BCUT2D eigenvalue weighted by Gasteiger charge is 1.91. The molecular weight excluding hydrogens is 172 g/mol. The smallest absolute Gasteiger partial charge is 0.0836 e. The van der Waals surface area contributed by atoms with Gasteiger partial charge in [0.25, 0.3) is 0 Å². The van der Waals surface area contributed by atoms with E-state index >= 15 is 0 Å². The van der Waals surface area contributed by atoms with Gasteiger partial charge in [-0.3, -0.25) is 0 Å². The molecule has 1 heteroatoms. The van der Waals surface area contributed by atoms with E-state index in [0.717, 1.165) is 25.9 Å². The van der Waals surface area contributed by atoms with Gasteiger partial charge in [-0.25, -0.2) is 0 Å². The maximum absolute atomic E-state index is 5.39. The quantitative estimate of drug-likeness (QED) is 0.443. The van der Waals surface area contributed by atoms with E-state index in [1.807, 2.05) is 6.61 Å². The van der Waals surface area contributed by atoms with Crippen LogP contribution in [-0.4, -0.2) is 6.61 Å². The normalized spacial score (nSPS) is 10.7. The largest absolute Gasteiger partial charge is 0.376 e. The molecule has 0 aromatic carbocycles. The third-order valence-corrected chi connectivity index (χ3v) is 2.31. The van der Waals surface area contributed by atoms with Crippen LogP contribution in [0.5, 0.6) is 0 Å². The first kappa shape index (κ1) is 14.0. The maximum atomic E-state index is 5.39. The predicted octanol–water partition coefficient (Wildman–Crippen LogP) is 4.53. The summed E-state index contributed by atoms with van der Waals surface area (Å²) in [5, 5.41) is 0. The lowest BCUT2D eigenvalue weighted by Crippen LogP contribution is -1.92. The molecule has 0 aromatic heterocycles. The van der Waals surface area contributed by atoms with Crippen molar-refractivity contribution in [2.75, 3.05) is 6.61 Å². The maximum Gasteiger partial charge on any atom is 0.0836 e. The van der Waals surface area contributed by atoms with Gasteiger partial charge < -0.3 is 4.74 Å². The summed E-state index contributed by atoms with van der Waals surface area (Å²) in [6.07, 6.45) is 11.2. The Morgan fingerprint density at radius 2 is 1.71 bits per heavy atom. The van der Waals surface area contributed by atoms with Gasteiger partial charge in [0.15, 0.2) is 0 Å². The Balaban J connectivity index is 2.78. The zero-order valence-electron chi connectivity index (χ0n) is 9.76. The molecule has 0 aliphatic heterocycles. The van der Waals surface area contributed by atoms with Crippen LogP contribution in [0, 0.1) is 13.5 Å². The minimum absolute atomic E-state index is 0.906. The summed E-state index contributed by atoms with van der Waals surface area (Å²) >= 11 is 0. The van der Waals surface area contributed by atoms with Crippen molar-refractivity contribution >= 4 is 0 Å². The van der Waals surface area contributed by atoms with Crippen molar-refractivity contribution in [1.29, 1.82) is 0 Å². The van der Waals surface area contributed by atoms with Crippen molar-refractivity contribution < 1.29 is 4.74 Å². The first-order valence-electron chi connectivity index (χ1n) is 6.14. The summed E-state index contributed by atoms with van der Waals surface area (Å²) in [5.41, 5.74) is 0. The summed E-state index contributed by atoms with van der Waals surface area (Å²) in [6.45, 7) is 8.88. The van der Waals surface area contributed by atoms with E-state index in [0.29, 0.717) is 0 Å². The minimum atomic E-state index is 0.906. The van der Waals surface area contributed by atoms with Crippen LogP contribution in [0.2, 0.25) is 0 Å². The van der Waals surface area contributed by atoms with Gasteiger partial charge in [0, 0.05) is 6.61 Å². The zero-order valence-corrected chi connectivity index (χ0v) is 9.76. The molecule has 0 aliphatic rings. The number of ether oxygens (including phenoxy) is 1. The van der Waals surface area contributed by atoms with Gasteiger partial charge in [0.1, 0.15) is 0 Å². The van der Waals surface area contributed by atoms with Gasteiger partial charge in [-0.15, -0.1) is 0 Å². The number of unbranched alkanes of at least 4 members (excludes halogenated alkanes) is 7. The lowest BCUT2D eigenvalue weighted by atomic mass is 10.1. The molecule has 0 saturated heterocycles. The Morgan fingerprint density at radius 3 is 2.43 bits per heavy atom. The third-order valence-electron chi connectivity index (χ3n) is 2.31. The molecule has 0 rings (SSSR count). The molecule has 84 valence electrons. The molecular formula is C13H26O. The highest BCUT2D eigenvalue weighted by molar-refractivity contribution is 4.52. The second kappa shape index (κ2) is 13.0. The van der Waals surface area contributed by atoms with E-state index < -0.39 is 0 Å². The van der Waals surface area contributed by atoms with Crippen LogP contribution in [0.4, 0.5) is 0 Å². The second-order valence-corrected chi connectivity index (χ2v) is 3.80. The fraction of sp³-hybridized carbons (Fsp3) is 0.846. The Kier molecular flexibility index (Phi) is 12.9. The first-order valence-corrected chi connectivity index (χ1v) is 6.14. The molecule has 0 bridgehead atoms. The van der Waals surface area contributed by atoms with E-state index in [2.05, 4.69) is 13.8 Å². The van der Waals surface area contributed by atoms with E-state index in [9.17, 15) is 0 Å². The highest BCUT2D eigenvalue weighted by Crippen LogP contribution is 2.06. The molecule has 0 heterocycles. The Labute approximate surface area is 90.2 Å². The fourth-order valence-corrected chi connectivity index (χ4v) is 1.36. The van der Waals surface area contributed by atoms with Gasteiger partial charge in [-0.05, 0) is 12.8 Å². The van der Waals surface area contributed by atoms with Crippen LogP contribution in [0.15, 0.2) is 0 Å². The molecule has 0 N–H and O–H groups in total. The molecule has 0 atom stereocenters. The van der Waals surface area contributed by atoms with Crippen LogP contribution in [0.3, 0.4) is 0 Å². The molecule has 0 aliphatic carbocycles. The van der Waals surface area contributed by atoms with Gasteiger partial charge in [-0.1, -0.05) is 58.8 Å². The number of hydrogen-bond acceptors (Lipinski definition) is 1. The molecule has 0 aromatic rings. The average molecular weight is 198 g/mol. The van der Waals surface area contributed by atoms with Crippen LogP contribution in [-0.2, 0) is 4.74 Å². The van der Waals surface area contributed by atoms with Crippen molar-refractivity contribution in [2.24, 2.45) is 0 Å². The number of hydrogen-bond donors (Lipinski definition) is 0. The molecule has 14 heavy (non-hydrogen) atoms. The van der Waals surface area contributed by atoms with Crippen LogP contribution < -0.4 is 0 Å². The van der Waals surface area contributed by atoms with E-state index in [1.165, 1.54) is 38.5 Å². The molecule has 2 radical (unpaired) electrons. The lowest BCUT2D eigenvalue weighted by Gasteiger charge is -2.02. The Morgan fingerprint density at radius 1 is 1.00 bits per heavy atom. The molecule has 0 saturated carbocycles. The highest BCUT2D eigenvalue weighted by atomic mass is 16.5. The standard InChI is InChI=1S/C13H26O/c1-3-5-7-8-9-11-13-14-12-10-6-4-2/h12H,2-11,13H2,1H3. The summed E-state index contributed by atoms with van der Waals surface area (Å²) in [4.78, 5) is 0. The van der Waals surface area contributed by atoms with Crippen molar-refractivity contribution in [3.05, 3.63) is 13.5 Å².